The van der Waals surface area contributed by atoms with Crippen molar-refractivity contribution in [1.82, 2.24) is 24.7 Å². The van der Waals surface area contributed by atoms with Gasteiger partial charge in [0.1, 0.15) is 11.5 Å². The maximum absolute atomic E-state index is 5.22. The lowest BCUT2D eigenvalue weighted by Crippen LogP contribution is -1.94. The van der Waals surface area contributed by atoms with E-state index in [2.05, 4.69) is 46.5 Å². The number of hydrogen-bond acceptors (Lipinski definition) is 4. The second-order valence-corrected chi connectivity index (χ2v) is 6.60. The van der Waals surface area contributed by atoms with Gasteiger partial charge in [-0.2, -0.15) is 20.0 Å². The number of nitrogens with zero attached hydrogens (tertiary/aromatic N) is 5. The molecule has 0 spiro atoms. The van der Waals surface area contributed by atoms with Gasteiger partial charge in [-0.25, -0.2) is 4.68 Å². The molecule has 7 heteroatoms. The molecule has 27 heavy (non-hydrogen) atoms. The molecule has 4 rings (SSSR count). The van der Waals surface area contributed by atoms with E-state index < -0.39 is 0 Å². The average molecular weight is 374 g/mol. The fourth-order valence-corrected chi connectivity index (χ4v) is 2.98. The third-order valence-electron chi connectivity index (χ3n) is 4.21. The summed E-state index contributed by atoms with van der Waals surface area (Å²) in [5, 5.41) is 16.1. The first-order valence-electron chi connectivity index (χ1n) is 8.52. The first kappa shape index (κ1) is 17.1. The number of aromatic amines is 1. The normalized spacial score (nSPS) is 11.3. The lowest BCUT2D eigenvalue weighted by atomic mass is 10.1. The number of hydrogen-bond donors (Lipinski definition) is 1. The zero-order valence-corrected chi connectivity index (χ0v) is 15.8. The summed E-state index contributed by atoms with van der Waals surface area (Å²) in [4.78, 5) is 0. The fraction of sp³-hybridized carbons (Fsp3) is 0.100. The molecule has 0 aliphatic carbocycles. The molecule has 2 heterocycles. The molecule has 0 unspecified atom stereocenters. The van der Waals surface area contributed by atoms with Gasteiger partial charge in [-0.15, -0.1) is 0 Å². The lowest BCUT2D eigenvalue weighted by Gasteiger charge is -2.01. The van der Waals surface area contributed by atoms with Crippen molar-refractivity contribution >= 4 is 18.4 Å². The van der Waals surface area contributed by atoms with E-state index in [0.717, 1.165) is 22.5 Å². The zero-order chi connectivity index (χ0) is 18.8. The Bertz CT molecular complexity index is 1150. The van der Waals surface area contributed by atoms with E-state index in [4.69, 9.17) is 17.3 Å². The lowest BCUT2D eigenvalue weighted by molar-refractivity contribution is 0.821. The molecular weight excluding hydrogens is 356 g/mol. The smallest absolute Gasteiger partial charge is 0.216 e. The first-order valence-corrected chi connectivity index (χ1v) is 8.93. The summed E-state index contributed by atoms with van der Waals surface area (Å²) in [6, 6.07) is 18.3. The van der Waals surface area contributed by atoms with E-state index in [-0.39, 0.29) is 0 Å². The van der Waals surface area contributed by atoms with Crippen LogP contribution in [0.2, 0.25) is 0 Å². The third kappa shape index (κ3) is 3.50. The Hall–Kier alpha value is -3.32. The Morgan fingerprint density at radius 3 is 2.44 bits per heavy atom. The highest BCUT2D eigenvalue weighted by Crippen LogP contribution is 2.23. The topological polar surface area (TPSA) is 63.8 Å². The van der Waals surface area contributed by atoms with Gasteiger partial charge in [-0.05, 0) is 38.2 Å². The van der Waals surface area contributed by atoms with Crippen molar-refractivity contribution in [3.05, 3.63) is 82.5 Å². The number of aromatic nitrogens is 5. The van der Waals surface area contributed by atoms with Crippen molar-refractivity contribution in [2.24, 2.45) is 5.10 Å². The Morgan fingerprint density at radius 1 is 1.04 bits per heavy atom. The van der Waals surface area contributed by atoms with Gasteiger partial charge in [-0.3, -0.25) is 5.10 Å². The van der Waals surface area contributed by atoms with Crippen molar-refractivity contribution in [2.45, 2.75) is 13.8 Å². The highest BCUT2D eigenvalue weighted by atomic mass is 32.1. The zero-order valence-electron chi connectivity index (χ0n) is 15.0. The van der Waals surface area contributed by atoms with Crippen LogP contribution in [-0.4, -0.2) is 30.9 Å². The summed E-state index contributed by atoms with van der Waals surface area (Å²) in [7, 11) is 0. The number of H-pyrrole nitrogens is 1. The minimum Gasteiger partial charge on any atom is -0.250 e. The molecule has 0 saturated carbocycles. The molecule has 0 radical (unpaired) electrons. The molecule has 0 amide bonds. The number of rotatable bonds is 4. The summed E-state index contributed by atoms with van der Waals surface area (Å²) in [5.41, 5.74) is 4.98. The number of nitrogens with one attached hydrogen (secondary N) is 1. The van der Waals surface area contributed by atoms with Gasteiger partial charge < -0.3 is 0 Å². The summed E-state index contributed by atoms with van der Waals surface area (Å²) < 4.78 is 3.91. The molecule has 2 aromatic heterocycles. The summed E-state index contributed by atoms with van der Waals surface area (Å²) >= 11 is 5.22. The molecule has 1 N–H and O–H groups in total. The number of para-hydroxylation sites is 1. The summed E-state index contributed by atoms with van der Waals surface area (Å²) in [6.07, 6.45) is 3.73. The predicted molar refractivity (Wildman–Crippen MR) is 109 cm³/mol. The van der Waals surface area contributed by atoms with Crippen molar-refractivity contribution in [2.75, 3.05) is 0 Å². The van der Waals surface area contributed by atoms with Crippen LogP contribution in [0.5, 0.6) is 0 Å². The van der Waals surface area contributed by atoms with Crippen LogP contribution in [-0.2, 0) is 0 Å². The van der Waals surface area contributed by atoms with Crippen molar-refractivity contribution in [3.8, 4) is 16.9 Å². The maximum atomic E-state index is 5.22. The molecule has 134 valence electrons. The average Bonchev–Trinajstić information content (AvgIpc) is 3.25. The van der Waals surface area contributed by atoms with Gasteiger partial charge in [-0.1, -0.05) is 48.0 Å². The summed E-state index contributed by atoms with van der Waals surface area (Å²) in [5.74, 6) is 0.698. The number of benzene rings is 2. The SMILES string of the molecule is Cc1ccc(-c2nn(-c3ccccc3)cc2/C=N\n2c(C)n[nH]c2=S)cc1. The molecule has 0 bridgehead atoms. The molecule has 2 aromatic carbocycles. The minimum absolute atomic E-state index is 0.455. The Morgan fingerprint density at radius 2 is 1.78 bits per heavy atom. The van der Waals surface area contributed by atoms with Crippen molar-refractivity contribution < 1.29 is 0 Å². The Labute approximate surface area is 161 Å². The van der Waals surface area contributed by atoms with Crippen LogP contribution in [0.25, 0.3) is 16.9 Å². The van der Waals surface area contributed by atoms with Crippen LogP contribution in [0.15, 0.2) is 65.9 Å². The Balaban J connectivity index is 1.82. The second kappa shape index (κ2) is 7.13. The molecule has 0 aliphatic rings. The van der Waals surface area contributed by atoms with Gasteiger partial charge in [0, 0.05) is 17.3 Å². The van der Waals surface area contributed by atoms with Crippen LogP contribution < -0.4 is 0 Å². The molecule has 0 fully saturated rings. The highest BCUT2D eigenvalue weighted by molar-refractivity contribution is 7.71. The predicted octanol–water partition coefficient (Wildman–Crippen LogP) is 4.29. The van der Waals surface area contributed by atoms with Crippen molar-refractivity contribution in [1.29, 1.82) is 0 Å². The molecule has 0 atom stereocenters. The summed E-state index contributed by atoms with van der Waals surface area (Å²) in [6.45, 7) is 3.91. The monoisotopic (exact) mass is 374 g/mol. The van der Waals surface area contributed by atoms with E-state index in [0.29, 0.717) is 10.6 Å². The molecular formula is C20H18N6S. The minimum atomic E-state index is 0.455. The Kier molecular flexibility index (Phi) is 4.52. The second-order valence-electron chi connectivity index (χ2n) is 6.21. The van der Waals surface area contributed by atoms with Gasteiger partial charge >= 0.3 is 0 Å². The highest BCUT2D eigenvalue weighted by Gasteiger charge is 2.11. The third-order valence-corrected chi connectivity index (χ3v) is 4.48. The molecule has 0 aliphatic heterocycles. The number of aryl methyl sites for hydroxylation is 2. The molecule has 0 saturated heterocycles. The van der Waals surface area contributed by atoms with Crippen LogP contribution >= 0.6 is 12.2 Å². The van der Waals surface area contributed by atoms with Crippen LogP contribution in [0.4, 0.5) is 0 Å². The van der Waals surface area contributed by atoms with Gasteiger partial charge in [0.2, 0.25) is 4.77 Å². The maximum Gasteiger partial charge on any atom is 0.216 e. The molecule has 6 nitrogen and oxygen atoms in total. The van der Waals surface area contributed by atoms with Gasteiger partial charge in [0.05, 0.1) is 11.9 Å². The van der Waals surface area contributed by atoms with E-state index in [1.807, 2.05) is 48.1 Å². The van der Waals surface area contributed by atoms with Crippen LogP contribution in [0.1, 0.15) is 17.0 Å². The first-order chi connectivity index (χ1) is 13.1. The van der Waals surface area contributed by atoms with Crippen LogP contribution in [0.3, 0.4) is 0 Å². The largest absolute Gasteiger partial charge is 0.250 e. The fourth-order valence-electron chi connectivity index (χ4n) is 2.76. The van der Waals surface area contributed by atoms with Gasteiger partial charge in [0.15, 0.2) is 0 Å². The van der Waals surface area contributed by atoms with Crippen LogP contribution in [0, 0.1) is 18.6 Å². The van der Waals surface area contributed by atoms with E-state index in [1.165, 1.54) is 5.56 Å². The van der Waals surface area contributed by atoms with Gasteiger partial charge in [0.25, 0.3) is 0 Å². The van der Waals surface area contributed by atoms with E-state index >= 15 is 0 Å². The molecule has 4 aromatic rings. The van der Waals surface area contributed by atoms with E-state index in [9.17, 15) is 0 Å². The standard InChI is InChI=1S/C20H18N6S/c1-14-8-10-16(11-9-14)19-17(12-21-26-15(2)22-23-20(26)27)13-25(24-19)18-6-4-3-5-7-18/h3-13H,1-2H3,(H,23,27)/b21-12-. The van der Waals surface area contributed by atoms with Crippen molar-refractivity contribution in [3.63, 3.8) is 0 Å². The van der Waals surface area contributed by atoms with E-state index in [1.54, 1.807) is 10.9 Å². The quantitative estimate of drug-likeness (QED) is 0.428.